The number of aromatic nitrogens is 1. The zero-order chi connectivity index (χ0) is 14.7. The number of benzene rings is 1. The lowest BCUT2D eigenvalue weighted by atomic mass is 10.1. The zero-order valence-corrected chi connectivity index (χ0v) is 12.1. The van der Waals surface area contributed by atoms with Crippen LogP contribution in [0.3, 0.4) is 0 Å². The Balaban J connectivity index is 2.07. The number of aromatic carboxylic acids is 1. The van der Waals surface area contributed by atoms with E-state index < -0.39 is 5.97 Å². The first-order valence-electron chi connectivity index (χ1n) is 7.64. The standard InChI is InChI=1S/C17H20N2O2/c20-17(21)15-12-13-8-4-5-9-14(13)16(18-15)19-10-6-2-1-3-7-11-19/h4-5,8-9,12H,1-3,6-7,10-11H2,(H,20,21). The molecule has 1 aromatic carbocycles. The number of fused-ring (bicyclic) bond motifs is 1. The van der Waals surface area contributed by atoms with E-state index >= 15 is 0 Å². The molecular formula is C17H20N2O2. The van der Waals surface area contributed by atoms with E-state index in [1.807, 2.05) is 24.3 Å². The van der Waals surface area contributed by atoms with E-state index in [2.05, 4.69) is 9.88 Å². The summed E-state index contributed by atoms with van der Waals surface area (Å²) in [6, 6.07) is 9.56. The molecule has 1 N–H and O–H groups in total. The van der Waals surface area contributed by atoms with Gasteiger partial charge in [-0.25, -0.2) is 9.78 Å². The lowest BCUT2D eigenvalue weighted by Gasteiger charge is -2.27. The summed E-state index contributed by atoms with van der Waals surface area (Å²) < 4.78 is 0. The molecule has 0 atom stereocenters. The minimum atomic E-state index is -0.964. The van der Waals surface area contributed by atoms with Crippen LogP contribution in [0.4, 0.5) is 5.82 Å². The van der Waals surface area contributed by atoms with Crippen molar-refractivity contribution in [2.75, 3.05) is 18.0 Å². The highest BCUT2D eigenvalue weighted by Gasteiger charge is 2.16. The van der Waals surface area contributed by atoms with Gasteiger partial charge in [-0.3, -0.25) is 0 Å². The smallest absolute Gasteiger partial charge is 0.354 e. The van der Waals surface area contributed by atoms with Gasteiger partial charge in [0.05, 0.1) is 0 Å². The summed E-state index contributed by atoms with van der Waals surface area (Å²) in [6.07, 6.45) is 6.08. The Labute approximate surface area is 124 Å². The summed E-state index contributed by atoms with van der Waals surface area (Å²) in [6.45, 7) is 1.92. The molecule has 1 fully saturated rings. The van der Waals surface area contributed by atoms with Crippen molar-refractivity contribution in [1.82, 2.24) is 4.98 Å². The molecule has 21 heavy (non-hydrogen) atoms. The first kappa shape index (κ1) is 13.9. The highest BCUT2D eigenvalue weighted by Crippen LogP contribution is 2.27. The largest absolute Gasteiger partial charge is 0.477 e. The van der Waals surface area contributed by atoms with Crippen molar-refractivity contribution in [2.45, 2.75) is 32.1 Å². The number of carboxylic acid groups (broad SMARTS) is 1. The number of nitrogens with zero attached hydrogens (tertiary/aromatic N) is 2. The van der Waals surface area contributed by atoms with Gasteiger partial charge in [-0.2, -0.15) is 0 Å². The number of hydrogen-bond acceptors (Lipinski definition) is 3. The van der Waals surface area contributed by atoms with Gasteiger partial charge in [0, 0.05) is 18.5 Å². The third-order valence-corrected chi connectivity index (χ3v) is 4.09. The molecule has 1 aliphatic heterocycles. The molecule has 0 radical (unpaired) electrons. The van der Waals surface area contributed by atoms with Gasteiger partial charge in [-0.1, -0.05) is 43.5 Å². The molecule has 0 bridgehead atoms. The van der Waals surface area contributed by atoms with Crippen LogP contribution in [0.5, 0.6) is 0 Å². The van der Waals surface area contributed by atoms with Crippen molar-refractivity contribution < 1.29 is 9.90 Å². The molecular weight excluding hydrogens is 264 g/mol. The molecule has 0 aliphatic carbocycles. The Morgan fingerprint density at radius 1 is 1.05 bits per heavy atom. The number of anilines is 1. The first-order chi connectivity index (χ1) is 10.3. The second-order valence-corrected chi connectivity index (χ2v) is 5.61. The highest BCUT2D eigenvalue weighted by atomic mass is 16.4. The second kappa shape index (κ2) is 6.12. The van der Waals surface area contributed by atoms with Crippen LogP contribution in [0.2, 0.25) is 0 Å². The maximum atomic E-state index is 11.3. The van der Waals surface area contributed by atoms with Crippen LogP contribution >= 0.6 is 0 Å². The SMILES string of the molecule is O=C(O)c1cc2ccccc2c(N2CCCCCCC2)n1. The van der Waals surface area contributed by atoms with Gasteiger partial charge in [0.15, 0.2) is 5.69 Å². The van der Waals surface area contributed by atoms with Gasteiger partial charge in [-0.15, -0.1) is 0 Å². The molecule has 4 heteroatoms. The third kappa shape index (κ3) is 2.99. The fraction of sp³-hybridized carbons (Fsp3) is 0.412. The molecule has 2 aromatic rings. The molecule has 0 amide bonds. The molecule has 0 saturated carbocycles. The fourth-order valence-corrected chi connectivity index (χ4v) is 2.99. The molecule has 2 heterocycles. The molecule has 0 unspecified atom stereocenters. The number of carboxylic acids is 1. The van der Waals surface area contributed by atoms with Crippen molar-refractivity contribution in [3.05, 3.63) is 36.0 Å². The Morgan fingerprint density at radius 3 is 2.43 bits per heavy atom. The number of hydrogen-bond donors (Lipinski definition) is 1. The van der Waals surface area contributed by atoms with E-state index in [-0.39, 0.29) is 5.69 Å². The minimum Gasteiger partial charge on any atom is -0.477 e. The maximum absolute atomic E-state index is 11.3. The van der Waals surface area contributed by atoms with E-state index in [1.54, 1.807) is 6.07 Å². The Morgan fingerprint density at radius 2 is 1.71 bits per heavy atom. The van der Waals surface area contributed by atoms with Gasteiger partial charge in [0.2, 0.25) is 0 Å². The predicted octanol–water partition coefficient (Wildman–Crippen LogP) is 3.70. The van der Waals surface area contributed by atoms with E-state index in [9.17, 15) is 9.90 Å². The molecule has 0 spiro atoms. The van der Waals surface area contributed by atoms with Crippen molar-refractivity contribution in [3.63, 3.8) is 0 Å². The van der Waals surface area contributed by atoms with Crippen LogP contribution in [-0.2, 0) is 0 Å². The van der Waals surface area contributed by atoms with Crippen LogP contribution in [0.1, 0.15) is 42.6 Å². The molecule has 4 nitrogen and oxygen atoms in total. The molecule has 1 aliphatic rings. The summed E-state index contributed by atoms with van der Waals surface area (Å²) in [7, 11) is 0. The lowest BCUT2D eigenvalue weighted by molar-refractivity contribution is 0.0691. The Hall–Kier alpha value is -2.10. The average molecular weight is 284 g/mol. The average Bonchev–Trinajstić information content (AvgIpc) is 2.46. The fourth-order valence-electron chi connectivity index (χ4n) is 2.99. The topological polar surface area (TPSA) is 53.4 Å². The number of pyridine rings is 1. The van der Waals surface area contributed by atoms with E-state index in [0.29, 0.717) is 0 Å². The minimum absolute atomic E-state index is 0.130. The summed E-state index contributed by atoms with van der Waals surface area (Å²) in [4.78, 5) is 18.0. The van der Waals surface area contributed by atoms with Gasteiger partial charge in [0.25, 0.3) is 0 Å². The van der Waals surface area contributed by atoms with Crippen LogP contribution in [-0.4, -0.2) is 29.1 Å². The van der Waals surface area contributed by atoms with E-state index in [4.69, 9.17) is 0 Å². The van der Waals surface area contributed by atoms with E-state index in [0.717, 1.165) is 42.5 Å². The first-order valence-corrected chi connectivity index (χ1v) is 7.64. The monoisotopic (exact) mass is 284 g/mol. The van der Waals surface area contributed by atoms with Crippen molar-refractivity contribution in [2.24, 2.45) is 0 Å². The lowest BCUT2D eigenvalue weighted by Crippen LogP contribution is -2.28. The molecule has 110 valence electrons. The van der Waals surface area contributed by atoms with Crippen LogP contribution in [0.25, 0.3) is 10.8 Å². The molecule has 3 rings (SSSR count). The van der Waals surface area contributed by atoms with Crippen LogP contribution < -0.4 is 4.90 Å². The van der Waals surface area contributed by atoms with Crippen molar-refractivity contribution >= 4 is 22.6 Å². The van der Waals surface area contributed by atoms with Gasteiger partial charge < -0.3 is 10.0 Å². The van der Waals surface area contributed by atoms with E-state index in [1.165, 1.54) is 19.3 Å². The van der Waals surface area contributed by atoms with Gasteiger partial charge >= 0.3 is 5.97 Å². The highest BCUT2D eigenvalue weighted by molar-refractivity contribution is 5.98. The van der Waals surface area contributed by atoms with Crippen molar-refractivity contribution in [1.29, 1.82) is 0 Å². The summed E-state index contributed by atoms with van der Waals surface area (Å²) >= 11 is 0. The normalized spacial score (nSPS) is 16.5. The molecule has 1 saturated heterocycles. The van der Waals surface area contributed by atoms with Gasteiger partial charge in [0.1, 0.15) is 5.82 Å². The third-order valence-electron chi connectivity index (χ3n) is 4.09. The van der Waals surface area contributed by atoms with Crippen molar-refractivity contribution in [3.8, 4) is 0 Å². The number of carbonyl (C=O) groups is 1. The second-order valence-electron chi connectivity index (χ2n) is 5.61. The van der Waals surface area contributed by atoms with Crippen LogP contribution in [0.15, 0.2) is 30.3 Å². The van der Waals surface area contributed by atoms with Crippen LogP contribution in [0, 0.1) is 0 Å². The summed E-state index contributed by atoms with van der Waals surface area (Å²) in [5.74, 6) is -0.138. The Kier molecular flexibility index (Phi) is 4.04. The number of rotatable bonds is 2. The quantitative estimate of drug-likeness (QED) is 0.913. The zero-order valence-electron chi connectivity index (χ0n) is 12.1. The summed E-state index contributed by atoms with van der Waals surface area (Å²) in [5, 5.41) is 11.3. The maximum Gasteiger partial charge on any atom is 0.354 e. The Bertz CT molecular complexity index is 646. The van der Waals surface area contributed by atoms with Gasteiger partial charge in [-0.05, 0) is 24.3 Å². The predicted molar refractivity (Wildman–Crippen MR) is 84.0 cm³/mol. The molecule has 1 aromatic heterocycles. The summed E-state index contributed by atoms with van der Waals surface area (Å²) in [5.41, 5.74) is 0.130.